The molecule has 1 N–H and O–H groups in total. The maximum absolute atomic E-state index is 12.5. The van der Waals surface area contributed by atoms with Crippen LogP contribution in [0.25, 0.3) is 0 Å². The highest BCUT2D eigenvalue weighted by Crippen LogP contribution is 2.17. The van der Waals surface area contributed by atoms with E-state index in [1.165, 1.54) is 17.7 Å². The number of methoxy groups -OCH3 is 1. The molecule has 0 spiro atoms. The van der Waals surface area contributed by atoms with Crippen LogP contribution in [0, 0.1) is 0 Å². The molecule has 7 nitrogen and oxygen atoms in total. The second kappa shape index (κ2) is 7.80. The zero-order valence-electron chi connectivity index (χ0n) is 13.1. The van der Waals surface area contributed by atoms with Gasteiger partial charge in [-0.05, 0) is 5.56 Å². The van der Waals surface area contributed by atoms with E-state index in [2.05, 4.69) is 20.4 Å². The fraction of sp³-hybridized carbons (Fsp3) is 0.250. The van der Waals surface area contributed by atoms with E-state index in [1.54, 1.807) is 23.5 Å². The van der Waals surface area contributed by atoms with Gasteiger partial charge in [0.05, 0.1) is 19.2 Å². The number of hydrogen-bond acceptors (Lipinski definition) is 6. The van der Waals surface area contributed by atoms with Gasteiger partial charge < -0.3 is 10.1 Å². The molecule has 1 unspecified atom stereocenters. The van der Waals surface area contributed by atoms with E-state index in [-0.39, 0.29) is 11.9 Å². The lowest BCUT2D eigenvalue weighted by atomic mass is 10.1. The van der Waals surface area contributed by atoms with Crippen LogP contribution in [0.3, 0.4) is 0 Å². The lowest BCUT2D eigenvalue weighted by Crippen LogP contribution is -2.31. The van der Waals surface area contributed by atoms with Crippen molar-refractivity contribution >= 4 is 17.2 Å². The first-order valence-corrected chi connectivity index (χ1v) is 8.26. The molecule has 1 amide bonds. The van der Waals surface area contributed by atoms with Gasteiger partial charge in [-0.2, -0.15) is 5.10 Å². The highest BCUT2D eigenvalue weighted by atomic mass is 32.1. The van der Waals surface area contributed by atoms with Crippen molar-refractivity contribution in [2.45, 2.75) is 19.2 Å². The van der Waals surface area contributed by atoms with Crippen LogP contribution in [-0.2, 0) is 17.9 Å². The number of amides is 1. The molecule has 8 heteroatoms. The van der Waals surface area contributed by atoms with Crippen LogP contribution in [0.4, 0.5) is 0 Å². The lowest BCUT2D eigenvalue weighted by molar-refractivity contribution is 0.0926. The summed E-state index contributed by atoms with van der Waals surface area (Å²) in [5, 5.41) is 9.64. The van der Waals surface area contributed by atoms with Crippen molar-refractivity contribution in [2.24, 2.45) is 0 Å². The molecule has 0 saturated carbocycles. The molecule has 1 aromatic carbocycles. The topological polar surface area (TPSA) is 81.9 Å². The molecule has 2 aromatic heterocycles. The Kier molecular flexibility index (Phi) is 5.29. The minimum absolute atomic E-state index is 0.220. The third-order valence-corrected chi connectivity index (χ3v) is 4.22. The molecule has 0 saturated heterocycles. The third-order valence-electron chi connectivity index (χ3n) is 3.40. The predicted octanol–water partition coefficient (Wildman–Crippen LogP) is 2.05. The number of nitrogens with one attached hydrogen (secondary N) is 1. The van der Waals surface area contributed by atoms with E-state index >= 15 is 0 Å². The van der Waals surface area contributed by atoms with Gasteiger partial charge in [0.2, 0.25) is 0 Å². The summed E-state index contributed by atoms with van der Waals surface area (Å²) < 4.78 is 6.73. The Morgan fingerprint density at radius 1 is 1.38 bits per heavy atom. The molecule has 0 bridgehead atoms. The molecule has 0 aliphatic heterocycles. The number of thiazole rings is 1. The molecule has 0 radical (unpaired) electrons. The van der Waals surface area contributed by atoms with Gasteiger partial charge in [-0.1, -0.05) is 30.3 Å². The van der Waals surface area contributed by atoms with Crippen molar-refractivity contribution in [2.75, 3.05) is 7.11 Å². The first-order chi connectivity index (χ1) is 11.8. The van der Waals surface area contributed by atoms with E-state index in [4.69, 9.17) is 4.74 Å². The molecule has 124 valence electrons. The summed E-state index contributed by atoms with van der Waals surface area (Å²) in [5.41, 5.74) is 1.39. The summed E-state index contributed by atoms with van der Waals surface area (Å²) in [6.07, 6.45) is 3.10. The van der Waals surface area contributed by atoms with Crippen molar-refractivity contribution in [1.29, 1.82) is 0 Å². The third kappa shape index (κ3) is 4.03. The normalized spacial score (nSPS) is 12.0. The number of hydrogen-bond donors (Lipinski definition) is 1. The Balaban J connectivity index is 1.76. The van der Waals surface area contributed by atoms with Crippen LogP contribution >= 0.6 is 11.3 Å². The number of carbonyl (C=O) groups is 1. The van der Waals surface area contributed by atoms with Crippen LogP contribution in [0.5, 0.6) is 0 Å². The first-order valence-electron chi connectivity index (χ1n) is 7.38. The maximum atomic E-state index is 12.5. The number of nitrogens with zero attached hydrogens (tertiary/aromatic N) is 4. The quantitative estimate of drug-likeness (QED) is 0.710. The van der Waals surface area contributed by atoms with Gasteiger partial charge in [-0.3, -0.25) is 9.48 Å². The summed E-state index contributed by atoms with van der Waals surface area (Å²) in [6.45, 7) is 0.893. The van der Waals surface area contributed by atoms with Crippen molar-refractivity contribution in [3.05, 3.63) is 64.6 Å². The second-order valence-electron chi connectivity index (χ2n) is 5.11. The summed E-state index contributed by atoms with van der Waals surface area (Å²) in [6, 6.07) is 9.53. The Hall–Kier alpha value is -2.58. The highest BCUT2D eigenvalue weighted by Gasteiger charge is 2.18. The molecular weight excluding hydrogens is 326 g/mol. The van der Waals surface area contributed by atoms with Gasteiger partial charge >= 0.3 is 0 Å². The van der Waals surface area contributed by atoms with Crippen LogP contribution in [0.2, 0.25) is 0 Å². The van der Waals surface area contributed by atoms with Gasteiger partial charge in [0.25, 0.3) is 5.91 Å². The van der Waals surface area contributed by atoms with E-state index < -0.39 is 0 Å². The average Bonchev–Trinajstić information content (AvgIpc) is 3.27. The van der Waals surface area contributed by atoms with Crippen LogP contribution in [0.15, 0.2) is 48.4 Å². The molecular formula is C16H17N5O2S. The molecule has 3 rings (SSSR count). The maximum Gasteiger partial charge on any atom is 0.271 e. The second-order valence-corrected chi connectivity index (χ2v) is 6.06. The SMILES string of the molecule is COCc1nc(C(=O)NC(Cn2cncn2)c2ccccc2)cs1. The summed E-state index contributed by atoms with van der Waals surface area (Å²) in [4.78, 5) is 20.8. The fourth-order valence-corrected chi connectivity index (χ4v) is 3.02. The zero-order chi connectivity index (χ0) is 16.8. The number of ether oxygens (including phenoxy) is 1. The smallest absolute Gasteiger partial charge is 0.271 e. The van der Waals surface area contributed by atoms with Gasteiger partial charge in [0.1, 0.15) is 23.4 Å². The minimum atomic E-state index is -0.229. The molecule has 3 aromatic rings. The highest BCUT2D eigenvalue weighted by molar-refractivity contribution is 7.09. The van der Waals surface area contributed by atoms with Crippen molar-refractivity contribution in [3.8, 4) is 0 Å². The summed E-state index contributed by atoms with van der Waals surface area (Å²) in [5.74, 6) is -0.220. The number of rotatable bonds is 7. The summed E-state index contributed by atoms with van der Waals surface area (Å²) >= 11 is 1.41. The van der Waals surface area contributed by atoms with Crippen molar-refractivity contribution < 1.29 is 9.53 Å². The molecule has 0 aliphatic carbocycles. The number of benzene rings is 1. The first kappa shape index (κ1) is 16.3. The Morgan fingerprint density at radius 3 is 2.92 bits per heavy atom. The van der Waals surface area contributed by atoms with E-state index in [0.717, 1.165) is 10.6 Å². The van der Waals surface area contributed by atoms with Gasteiger partial charge in [-0.15, -0.1) is 11.3 Å². The minimum Gasteiger partial charge on any atom is -0.378 e. The van der Waals surface area contributed by atoms with Gasteiger partial charge in [0, 0.05) is 12.5 Å². The molecule has 0 aliphatic rings. The molecule has 0 fully saturated rings. The fourth-order valence-electron chi connectivity index (χ4n) is 2.27. The Labute approximate surface area is 143 Å². The average molecular weight is 343 g/mol. The Bertz CT molecular complexity index is 773. The standard InChI is InChI=1S/C16H17N5O2S/c1-23-8-15-19-14(9-24-15)16(22)20-13(7-21-11-17-10-18-21)12-5-3-2-4-6-12/h2-6,9-11,13H,7-8H2,1H3,(H,20,22). The van der Waals surface area contributed by atoms with Crippen molar-refractivity contribution in [1.82, 2.24) is 25.1 Å². The van der Waals surface area contributed by atoms with Gasteiger partial charge in [-0.25, -0.2) is 9.97 Å². The number of carbonyl (C=O) groups excluding carboxylic acids is 1. The van der Waals surface area contributed by atoms with Crippen molar-refractivity contribution in [3.63, 3.8) is 0 Å². The van der Waals surface area contributed by atoms with Crippen LogP contribution in [-0.4, -0.2) is 32.8 Å². The molecule has 1 atom stereocenters. The monoisotopic (exact) mass is 343 g/mol. The largest absolute Gasteiger partial charge is 0.378 e. The Morgan fingerprint density at radius 2 is 2.21 bits per heavy atom. The predicted molar refractivity (Wildman–Crippen MR) is 89.5 cm³/mol. The zero-order valence-corrected chi connectivity index (χ0v) is 13.9. The van der Waals surface area contributed by atoms with Crippen LogP contribution in [0.1, 0.15) is 27.1 Å². The molecule has 24 heavy (non-hydrogen) atoms. The van der Waals surface area contributed by atoms with Gasteiger partial charge in [0.15, 0.2) is 0 Å². The van der Waals surface area contributed by atoms with E-state index in [1.807, 2.05) is 30.3 Å². The number of aromatic nitrogens is 4. The van der Waals surface area contributed by atoms with E-state index in [9.17, 15) is 4.79 Å². The molecule has 2 heterocycles. The summed E-state index contributed by atoms with van der Waals surface area (Å²) in [7, 11) is 1.60. The van der Waals surface area contributed by atoms with Crippen LogP contribution < -0.4 is 5.32 Å². The lowest BCUT2D eigenvalue weighted by Gasteiger charge is -2.18. The van der Waals surface area contributed by atoms with E-state index in [0.29, 0.717) is 18.8 Å².